The third-order valence-electron chi connectivity index (χ3n) is 2.06. The fraction of sp³-hybridized carbons (Fsp3) is 0.500. The van der Waals surface area contributed by atoms with E-state index in [0.29, 0.717) is 18.7 Å². The van der Waals surface area contributed by atoms with Gasteiger partial charge in [-0.15, -0.1) is 11.8 Å². The lowest BCUT2D eigenvalue weighted by atomic mass is 10.2. The van der Waals surface area contributed by atoms with Crippen molar-refractivity contribution in [2.45, 2.75) is 25.7 Å². The summed E-state index contributed by atoms with van der Waals surface area (Å²) in [6.45, 7) is 6.50. The molecule has 3 nitrogen and oxygen atoms in total. The molecule has 17 heavy (non-hydrogen) atoms. The Kier molecular flexibility index (Phi) is 6.28. The van der Waals surface area contributed by atoms with Gasteiger partial charge in [0.1, 0.15) is 5.49 Å². The summed E-state index contributed by atoms with van der Waals surface area (Å²) < 4.78 is 22.6. The fourth-order valence-corrected chi connectivity index (χ4v) is 4.31. The SMILES string of the molecule is CCOP(=O)(CSc1ccc(C)cc1)OCC. The van der Waals surface area contributed by atoms with Gasteiger partial charge in [0.15, 0.2) is 0 Å². The van der Waals surface area contributed by atoms with Crippen molar-refractivity contribution in [3.8, 4) is 0 Å². The van der Waals surface area contributed by atoms with Crippen LogP contribution in [0.3, 0.4) is 0 Å². The van der Waals surface area contributed by atoms with Crippen LogP contribution in [0, 0.1) is 6.92 Å². The van der Waals surface area contributed by atoms with Gasteiger partial charge < -0.3 is 9.05 Å². The van der Waals surface area contributed by atoms with Crippen molar-refractivity contribution < 1.29 is 13.6 Å². The van der Waals surface area contributed by atoms with Crippen LogP contribution in [0.2, 0.25) is 0 Å². The van der Waals surface area contributed by atoms with E-state index in [1.54, 1.807) is 0 Å². The molecule has 0 bridgehead atoms. The molecule has 0 saturated carbocycles. The second-order valence-electron chi connectivity index (χ2n) is 3.53. The zero-order valence-corrected chi connectivity index (χ0v) is 12.2. The van der Waals surface area contributed by atoms with Crippen LogP contribution in [0.4, 0.5) is 0 Å². The van der Waals surface area contributed by atoms with Gasteiger partial charge in [-0.3, -0.25) is 4.57 Å². The van der Waals surface area contributed by atoms with Crippen LogP contribution in [0.15, 0.2) is 29.2 Å². The maximum absolute atomic E-state index is 12.2. The molecule has 1 aromatic carbocycles. The molecule has 1 aromatic rings. The third-order valence-corrected chi connectivity index (χ3v) is 5.75. The van der Waals surface area contributed by atoms with E-state index in [0.717, 1.165) is 4.90 Å². The Balaban J connectivity index is 2.57. The molecule has 0 aliphatic heterocycles. The molecule has 0 aliphatic rings. The minimum absolute atomic E-state index is 0.359. The lowest BCUT2D eigenvalue weighted by molar-refractivity contribution is 0.224. The lowest BCUT2D eigenvalue weighted by Gasteiger charge is -2.16. The summed E-state index contributed by atoms with van der Waals surface area (Å²) in [7, 11) is -2.93. The van der Waals surface area contributed by atoms with Crippen LogP contribution in [-0.4, -0.2) is 18.7 Å². The van der Waals surface area contributed by atoms with Crippen molar-refractivity contribution >= 4 is 19.4 Å². The van der Waals surface area contributed by atoms with Gasteiger partial charge in [0, 0.05) is 4.90 Å². The van der Waals surface area contributed by atoms with Gasteiger partial charge in [-0.05, 0) is 32.9 Å². The van der Waals surface area contributed by atoms with E-state index in [-0.39, 0.29) is 0 Å². The summed E-state index contributed by atoms with van der Waals surface area (Å²) in [5.74, 6) is 0. The number of hydrogen-bond donors (Lipinski definition) is 0. The third kappa shape index (κ3) is 5.26. The van der Waals surface area contributed by atoms with E-state index < -0.39 is 7.60 Å². The average Bonchev–Trinajstić information content (AvgIpc) is 2.29. The van der Waals surface area contributed by atoms with Crippen molar-refractivity contribution in [3.05, 3.63) is 29.8 Å². The summed E-state index contributed by atoms with van der Waals surface area (Å²) in [6, 6.07) is 8.10. The summed E-state index contributed by atoms with van der Waals surface area (Å²) >= 11 is 1.50. The van der Waals surface area contributed by atoms with E-state index >= 15 is 0 Å². The van der Waals surface area contributed by atoms with Crippen molar-refractivity contribution in [1.82, 2.24) is 0 Å². The highest BCUT2D eigenvalue weighted by atomic mass is 32.2. The second-order valence-corrected chi connectivity index (χ2v) is 7.06. The van der Waals surface area contributed by atoms with Gasteiger partial charge in [0.25, 0.3) is 0 Å². The summed E-state index contributed by atoms with van der Waals surface area (Å²) in [5, 5.41) is 0. The van der Waals surface area contributed by atoms with Crippen molar-refractivity contribution in [3.63, 3.8) is 0 Å². The zero-order chi connectivity index (χ0) is 12.7. The number of thioether (sulfide) groups is 1. The first-order valence-electron chi connectivity index (χ1n) is 5.67. The normalized spacial score (nSPS) is 11.7. The molecule has 0 atom stereocenters. The van der Waals surface area contributed by atoms with Crippen LogP contribution in [0.5, 0.6) is 0 Å². The first-order chi connectivity index (χ1) is 8.09. The minimum Gasteiger partial charge on any atom is -0.308 e. The molecular weight excluding hydrogens is 255 g/mol. The van der Waals surface area contributed by atoms with Gasteiger partial charge >= 0.3 is 7.60 Å². The molecule has 0 unspecified atom stereocenters. The predicted molar refractivity (Wildman–Crippen MR) is 72.8 cm³/mol. The van der Waals surface area contributed by atoms with Crippen molar-refractivity contribution in [1.29, 1.82) is 0 Å². The Morgan fingerprint density at radius 2 is 1.65 bits per heavy atom. The van der Waals surface area contributed by atoms with Crippen LogP contribution in [-0.2, 0) is 13.6 Å². The highest BCUT2D eigenvalue weighted by Gasteiger charge is 2.23. The highest BCUT2D eigenvalue weighted by Crippen LogP contribution is 2.51. The fourth-order valence-electron chi connectivity index (χ4n) is 1.29. The molecule has 0 aromatic heterocycles. The molecule has 0 N–H and O–H groups in total. The molecular formula is C12H19O3PS. The quantitative estimate of drug-likeness (QED) is 0.548. The van der Waals surface area contributed by atoms with Gasteiger partial charge in [-0.1, -0.05) is 17.7 Å². The van der Waals surface area contributed by atoms with Crippen molar-refractivity contribution in [2.75, 3.05) is 18.7 Å². The molecule has 0 aliphatic carbocycles. The summed E-state index contributed by atoms with van der Waals surface area (Å²) in [6.07, 6.45) is 0. The maximum Gasteiger partial charge on any atom is 0.340 e. The molecule has 0 amide bonds. The zero-order valence-electron chi connectivity index (χ0n) is 10.5. The maximum atomic E-state index is 12.2. The Labute approximate surface area is 107 Å². The molecule has 0 spiro atoms. The molecule has 1 rings (SSSR count). The van der Waals surface area contributed by atoms with Gasteiger partial charge in [-0.25, -0.2) is 0 Å². The predicted octanol–water partition coefficient (Wildman–Crippen LogP) is 4.31. The minimum atomic E-state index is -2.93. The first kappa shape index (κ1) is 14.8. The number of rotatable bonds is 7. The second kappa shape index (κ2) is 7.22. The Hall–Kier alpha value is -0.280. The van der Waals surface area contributed by atoms with Gasteiger partial charge in [-0.2, -0.15) is 0 Å². The lowest BCUT2D eigenvalue weighted by Crippen LogP contribution is -1.97. The Morgan fingerprint density at radius 3 is 2.12 bits per heavy atom. The summed E-state index contributed by atoms with van der Waals surface area (Å²) in [5.41, 5.74) is 1.57. The van der Waals surface area contributed by atoms with E-state index in [4.69, 9.17) is 9.05 Å². The van der Waals surface area contributed by atoms with Crippen LogP contribution < -0.4 is 0 Å². The largest absolute Gasteiger partial charge is 0.340 e. The average molecular weight is 274 g/mol. The van der Waals surface area contributed by atoms with Crippen LogP contribution in [0.25, 0.3) is 0 Å². The first-order valence-corrected chi connectivity index (χ1v) is 8.38. The van der Waals surface area contributed by atoms with Crippen molar-refractivity contribution in [2.24, 2.45) is 0 Å². The Bertz CT molecular complexity index is 368. The number of aryl methyl sites for hydroxylation is 1. The molecule has 0 fully saturated rings. The van der Waals surface area contributed by atoms with E-state index in [1.165, 1.54) is 17.3 Å². The molecule has 0 radical (unpaired) electrons. The molecule has 0 heterocycles. The summed E-state index contributed by atoms with van der Waals surface area (Å²) in [4.78, 5) is 1.08. The molecule has 96 valence electrons. The van der Waals surface area contributed by atoms with E-state index in [2.05, 4.69) is 0 Å². The standard InChI is InChI=1S/C12H19O3PS/c1-4-14-16(13,15-5-2)10-17-12-8-6-11(3)7-9-12/h6-9H,4-5,10H2,1-3H3. The van der Waals surface area contributed by atoms with E-state index in [9.17, 15) is 4.57 Å². The Morgan fingerprint density at radius 1 is 1.12 bits per heavy atom. The van der Waals surface area contributed by atoms with Gasteiger partial charge in [0.2, 0.25) is 0 Å². The smallest absolute Gasteiger partial charge is 0.308 e. The van der Waals surface area contributed by atoms with Gasteiger partial charge in [0.05, 0.1) is 13.2 Å². The van der Waals surface area contributed by atoms with E-state index in [1.807, 2.05) is 45.0 Å². The van der Waals surface area contributed by atoms with Crippen LogP contribution in [0.1, 0.15) is 19.4 Å². The van der Waals surface area contributed by atoms with Crippen LogP contribution >= 0.6 is 19.4 Å². The number of benzene rings is 1. The topological polar surface area (TPSA) is 35.5 Å². The molecule has 0 saturated heterocycles. The number of hydrogen-bond acceptors (Lipinski definition) is 4. The molecule has 5 heteroatoms. The highest BCUT2D eigenvalue weighted by molar-refractivity contribution is 8.04. The monoisotopic (exact) mass is 274 g/mol.